The number of aromatic amines is 1. The number of fused-ring (bicyclic) bond motifs is 1. The first kappa shape index (κ1) is 20.7. The van der Waals surface area contributed by atoms with Crippen LogP contribution in [0.3, 0.4) is 0 Å². The molecule has 1 aromatic carbocycles. The molecule has 0 bridgehead atoms. The molecule has 0 aliphatic rings. The standard InChI is InChI=1S/C19H20ClN3O3S2/c1-4-12-10(3)28-17(16(12)18(25)26-5-2)23-15(24)9-27-19-21-13-7-6-11(20)8-14(13)22-19/h6-8H,4-5,9H2,1-3H3,(H,21,22)(H,23,24). The summed E-state index contributed by atoms with van der Waals surface area (Å²) < 4.78 is 5.16. The number of H-pyrrole nitrogens is 1. The molecule has 0 radical (unpaired) electrons. The van der Waals surface area contributed by atoms with Crippen molar-refractivity contribution in [2.24, 2.45) is 0 Å². The number of hydrogen-bond acceptors (Lipinski definition) is 6. The second kappa shape index (κ2) is 8.98. The third-order valence-corrected chi connectivity index (χ3v) is 6.23. The maximum Gasteiger partial charge on any atom is 0.341 e. The van der Waals surface area contributed by atoms with E-state index in [0.717, 1.165) is 21.5 Å². The number of hydrogen-bond donors (Lipinski definition) is 2. The number of nitrogens with zero attached hydrogens (tertiary/aromatic N) is 1. The first-order valence-corrected chi connectivity index (χ1v) is 11.0. The van der Waals surface area contributed by atoms with Crippen LogP contribution in [0.2, 0.25) is 5.02 Å². The van der Waals surface area contributed by atoms with Crippen LogP contribution in [0, 0.1) is 6.92 Å². The first-order chi connectivity index (χ1) is 13.4. The molecule has 0 aliphatic carbocycles. The molecule has 0 saturated carbocycles. The van der Waals surface area contributed by atoms with Gasteiger partial charge in [0.15, 0.2) is 5.16 Å². The minimum atomic E-state index is -0.402. The predicted molar refractivity (Wildman–Crippen MR) is 115 cm³/mol. The Bertz CT molecular complexity index is 1030. The Kier molecular flexibility index (Phi) is 6.64. The zero-order valence-electron chi connectivity index (χ0n) is 15.7. The summed E-state index contributed by atoms with van der Waals surface area (Å²) in [6, 6.07) is 5.39. The quantitative estimate of drug-likeness (QED) is 0.399. The van der Waals surface area contributed by atoms with E-state index in [1.54, 1.807) is 19.1 Å². The van der Waals surface area contributed by atoms with Crippen LogP contribution in [0.25, 0.3) is 11.0 Å². The highest BCUT2D eigenvalue weighted by Gasteiger charge is 2.23. The molecule has 9 heteroatoms. The van der Waals surface area contributed by atoms with Gasteiger partial charge < -0.3 is 15.0 Å². The second-order valence-corrected chi connectivity index (χ2v) is 8.58. The molecule has 28 heavy (non-hydrogen) atoms. The highest BCUT2D eigenvalue weighted by Crippen LogP contribution is 2.34. The van der Waals surface area contributed by atoms with Gasteiger partial charge >= 0.3 is 5.97 Å². The zero-order chi connectivity index (χ0) is 20.3. The SMILES string of the molecule is CCOC(=O)c1c(NC(=O)CSc2nc3ccc(Cl)cc3[nH]2)sc(C)c1CC. The van der Waals surface area contributed by atoms with Gasteiger partial charge in [0.25, 0.3) is 0 Å². The normalized spacial score (nSPS) is 11.0. The lowest BCUT2D eigenvalue weighted by molar-refractivity contribution is -0.113. The molecule has 1 amide bonds. The number of thioether (sulfide) groups is 1. The van der Waals surface area contributed by atoms with Crippen LogP contribution in [0.15, 0.2) is 23.4 Å². The second-order valence-electron chi connectivity index (χ2n) is 5.96. The molecule has 0 spiro atoms. The van der Waals surface area contributed by atoms with Gasteiger partial charge in [0.2, 0.25) is 5.91 Å². The van der Waals surface area contributed by atoms with Crippen LogP contribution in [-0.4, -0.2) is 34.2 Å². The molecule has 6 nitrogen and oxygen atoms in total. The maximum atomic E-state index is 12.5. The summed E-state index contributed by atoms with van der Waals surface area (Å²) in [4.78, 5) is 33.4. The van der Waals surface area contributed by atoms with Crippen LogP contribution in [-0.2, 0) is 16.0 Å². The molecular weight excluding hydrogens is 418 g/mol. The molecule has 3 aromatic rings. The van der Waals surface area contributed by atoms with Gasteiger partial charge in [-0.15, -0.1) is 11.3 Å². The van der Waals surface area contributed by atoms with E-state index in [0.29, 0.717) is 27.2 Å². The molecule has 0 fully saturated rings. The summed E-state index contributed by atoms with van der Waals surface area (Å²) in [5.41, 5.74) is 2.99. The molecule has 3 rings (SSSR count). The van der Waals surface area contributed by atoms with Crippen LogP contribution >= 0.6 is 34.7 Å². The number of nitrogens with one attached hydrogen (secondary N) is 2. The van der Waals surface area contributed by atoms with Gasteiger partial charge in [0, 0.05) is 9.90 Å². The number of anilines is 1. The number of rotatable bonds is 7. The van der Waals surface area contributed by atoms with Crippen molar-refractivity contribution in [1.82, 2.24) is 9.97 Å². The van der Waals surface area contributed by atoms with Crippen molar-refractivity contribution in [3.63, 3.8) is 0 Å². The fourth-order valence-corrected chi connectivity index (χ4v) is 4.84. The lowest BCUT2D eigenvalue weighted by atomic mass is 10.1. The molecule has 0 atom stereocenters. The Balaban J connectivity index is 1.71. The van der Waals surface area contributed by atoms with Crippen LogP contribution < -0.4 is 5.32 Å². The molecule has 0 unspecified atom stereocenters. The van der Waals surface area contributed by atoms with E-state index in [9.17, 15) is 9.59 Å². The molecule has 2 aromatic heterocycles. The summed E-state index contributed by atoms with van der Waals surface area (Å²) in [5, 5.41) is 4.65. The molecule has 2 heterocycles. The van der Waals surface area contributed by atoms with Crippen molar-refractivity contribution >= 4 is 62.6 Å². The van der Waals surface area contributed by atoms with E-state index in [2.05, 4.69) is 15.3 Å². The number of halogens is 1. The predicted octanol–water partition coefficient (Wildman–Crippen LogP) is 5.06. The van der Waals surface area contributed by atoms with E-state index < -0.39 is 5.97 Å². The topological polar surface area (TPSA) is 84.1 Å². The van der Waals surface area contributed by atoms with Gasteiger partial charge in [-0.3, -0.25) is 4.79 Å². The number of aryl methyl sites for hydroxylation is 1. The first-order valence-electron chi connectivity index (χ1n) is 8.80. The highest BCUT2D eigenvalue weighted by atomic mass is 35.5. The number of carbonyl (C=O) groups excluding carboxylic acids is 2. The molecular formula is C19H20ClN3O3S2. The van der Waals surface area contributed by atoms with E-state index >= 15 is 0 Å². The summed E-state index contributed by atoms with van der Waals surface area (Å²) in [7, 11) is 0. The highest BCUT2D eigenvalue weighted by molar-refractivity contribution is 7.99. The van der Waals surface area contributed by atoms with Crippen LogP contribution in [0.1, 0.15) is 34.6 Å². The lowest BCUT2D eigenvalue weighted by Gasteiger charge is -2.07. The van der Waals surface area contributed by atoms with Crippen molar-refractivity contribution in [1.29, 1.82) is 0 Å². The van der Waals surface area contributed by atoms with Crippen LogP contribution in [0.4, 0.5) is 5.00 Å². The van der Waals surface area contributed by atoms with Crippen molar-refractivity contribution in [2.45, 2.75) is 32.3 Å². The third kappa shape index (κ3) is 4.51. The van der Waals surface area contributed by atoms with E-state index in [4.69, 9.17) is 16.3 Å². The van der Waals surface area contributed by atoms with Gasteiger partial charge in [-0.1, -0.05) is 30.3 Å². The minimum absolute atomic E-state index is 0.161. The molecule has 2 N–H and O–H groups in total. The van der Waals surface area contributed by atoms with Crippen molar-refractivity contribution in [3.8, 4) is 0 Å². The average Bonchev–Trinajstić information content (AvgIpc) is 3.19. The van der Waals surface area contributed by atoms with Crippen molar-refractivity contribution in [3.05, 3.63) is 39.2 Å². The largest absolute Gasteiger partial charge is 0.462 e. The zero-order valence-corrected chi connectivity index (χ0v) is 18.1. The molecule has 148 valence electrons. The summed E-state index contributed by atoms with van der Waals surface area (Å²) in [6.07, 6.45) is 0.697. The fraction of sp³-hybridized carbons (Fsp3) is 0.316. The summed E-state index contributed by atoms with van der Waals surface area (Å²) >= 11 is 8.66. The Morgan fingerprint density at radius 1 is 1.36 bits per heavy atom. The number of carbonyl (C=O) groups is 2. The number of amides is 1. The number of benzene rings is 1. The smallest absolute Gasteiger partial charge is 0.341 e. The number of imidazole rings is 1. The Hall–Kier alpha value is -2.03. The molecule has 0 aliphatic heterocycles. The van der Waals surface area contributed by atoms with Gasteiger partial charge in [0.05, 0.1) is 29.0 Å². The van der Waals surface area contributed by atoms with E-state index in [1.165, 1.54) is 23.1 Å². The summed E-state index contributed by atoms with van der Waals surface area (Å²) in [5.74, 6) is -0.451. The third-order valence-electron chi connectivity index (χ3n) is 4.06. The Morgan fingerprint density at radius 3 is 2.86 bits per heavy atom. The average molecular weight is 438 g/mol. The van der Waals surface area contributed by atoms with Gasteiger partial charge in [-0.2, -0.15) is 0 Å². The summed E-state index contributed by atoms with van der Waals surface area (Å²) in [6.45, 7) is 5.97. The number of esters is 1. The minimum Gasteiger partial charge on any atom is -0.462 e. The van der Waals surface area contributed by atoms with Gasteiger partial charge in [-0.05, 0) is 44.0 Å². The number of aromatic nitrogens is 2. The van der Waals surface area contributed by atoms with Crippen molar-refractivity contribution < 1.29 is 14.3 Å². The Labute approximate surface area is 176 Å². The molecule has 0 saturated heterocycles. The van der Waals surface area contributed by atoms with Gasteiger partial charge in [0.1, 0.15) is 5.00 Å². The van der Waals surface area contributed by atoms with E-state index in [-0.39, 0.29) is 18.3 Å². The monoisotopic (exact) mass is 437 g/mol. The lowest BCUT2D eigenvalue weighted by Crippen LogP contribution is -2.16. The Morgan fingerprint density at radius 2 is 2.14 bits per heavy atom. The van der Waals surface area contributed by atoms with Crippen molar-refractivity contribution in [2.75, 3.05) is 17.7 Å². The maximum absolute atomic E-state index is 12.5. The fourth-order valence-electron chi connectivity index (χ4n) is 2.84. The number of thiophene rings is 1. The van der Waals surface area contributed by atoms with Crippen LogP contribution in [0.5, 0.6) is 0 Å². The number of ether oxygens (including phenoxy) is 1. The van der Waals surface area contributed by atoms with Gasteiger partial charge in [-0.25, -0.2) is 9.78 Å². The van der Waals surface area contributed by atoms with E-state index in [1.807, 2.05) is 19.9 Å².